The van der Waals surface area contributed by atoms with E-state index in [4.69, 9.17) is 4.52 Å². The standard InChI is InChI=1S/C15H17F3N8O/c1-8(13-21-9(2)24-27-13)25-3-5-26(6-4-25)12-10-11(20-7-19-10)22-14(23-12)15(16,17)18/h7-8H,3-6H2,1-2H3,(H,19,20,22,23). The van der Waals surface area contributed by atoms with Gasteiger partial charge in [-0.3, -0.25) is 4.90 Å². The summed E-state index contributed by atoms with van der Waals surface area (Å²) in [7, 11) is 0. The number of nitrogens with zero attached hydrogens (tertiary/aromatic N) is 7. The van der Waals surface area contributed by atoms with E-state index >= 15 is 0 Å². The summed E-state index contributed by atoms with van der Waals surface area (Å²) in [6, 6.07) is -0.0725. The van der Waals surface area contributed by atoms with Gasteiger partial charge in [0.25, 0.3) is 0 Å². The lowest BCUT2D eigenvalue weighted by Crippen LogP contribution is -2.47. The minimum Gasteiger partial charge on any atom is -0.352 e. The van der Waals surface area contributed by atoms with Gasteiger partial charge in [-0.05, 0) is 13.8 Å². The predicted octanol–water partition coefficient (Wildman–Crippen LogP) is 1.95. The molecule has 0 aliphatic carbocycles. The number of rotatable bonds is 3. The Kier molecular flexibility index (Phi) is 4.21. The van der Waals surface area contributed by atoms with Gasteiger partial charge in [0.05, 0.1) is 12.4 Å². The second-order valence-electron chi connectivity index (χ2n) is 6.35. The maximum Gasteiger partial charge on any atom is 0.451 e. The topological polar surface area (TPSA) is 99.9 Å². The van der Waals surface area contributed by atoms with Crippen molar-refractivity contribution < 1.29 is 17.7 Å². The van der Waals surface area contributed by atoms with Gasteiger partial charge in [0.2, 0.25) is 11.7 Å². The number of aryl methyl sites for hydroxylation is 1. The average Bonchev–Trinajstić information content (AvgIpc) is 3.28. The van der Waals surface area contributed by atoms with Gasteiger partial charge in [0.15, 0.2) is 17.3 Å². The van der Waals surface area contributed by atoms with Gasteiger partial charge in [0, 0.05) is 26.2 Å². The molecule has 0 amide bonds. The van der Waals surface area contributed by atoms with Crippen molar-refractivity contribution in [3.05, 3.63) is 23.9 Å². The van der Waals surface area contributed by atoms with Crippen LogP contribution in [-0.4, -0.2) is 61.2 Å². The highest BCUT2D eigenvalue weighted by atomic mass is 19.4. The van der Waals surface area contributed by atoms with E-state index in [1.54, 1.807) is 11.8 Å². The molecule has 0 spiro atoms. The van der Waals surface area contributed by atoms with Gasteiger partial charge < -0.3 is 14.4 Å². The molecule has 9 nitrogen and oxygen atoms in total. The Morgan fingerprint density at radius 2 is 1.89 bits per heavy atom. The molecule has 3 aromatic heterocycles. The van der Waals surface area contributed by atoms with Crippen LogP contribution in [0.1, 0.15) is 30.5 Å². The molecule has 0 bridgehead atoms. The number of hydrogen-bond acceptors (Lipinski definition) is 8. The van der Waals surface area contributed by atoms with E-state index in [0.717, 1.165) is 0 Å². The van der Waals surface area contributed by atoms with E-state index in [1.807, 2.05) is 6.92 Å². The molecular formula is C15H17F3N8O. The van der Waals surface area contributed by atoms with E-state index in [2.05, 4.69) is 35.0 Å². The van der Waals surface area contributed by atoms with Gasteiger partial charge in [-0.15, -0.1) is 0 Å². The van der Waals surface area contributed by atoms with Crippen molar-refractivity contribution in [3.63, 3.8) is 0 Å². The highest BCUT2D eigenvalue weighted by molar-refractivity contribution is 5.83. The lowest BCUT2D eigenvalue weighted by Gasteiger charge is -2.37. The van der Waals surface area contributed by atoms with Crippen LogP contribution in [0.5, 0.6) is 0 Å². The van der Waals surface area contributed by atoms with Crippen molar-refractivity contribution in [3.8, 4) is 0 Å². The van der Waals surface area contributed by atoms with Crippen molar-refractivity contribution in [2.75, 3.05) is 31.1 Å². The fourth-order valence-electron chi connectivity index (χ4n) is 3.13. The van der Waals surface area contributed by atoms with Crippen LogP contribution in [0.4, 0.5) is 19.0 Å². The zero-order valence-electron chi connectivity index (χ0n) is 14.7. The molecule has 27 heavy (non-hydrogen) atoms. The third-order valence-electron chi connectivity index (χ3n) is 4.58. The number of halogens is 3. The fourth-order valence-corrected chi connectivity index (χ4v) is 3.13. The van der Waals surface area contributed by atoms with Crippen molar-refractivity contribution in [2.24, 2.45) is 0 Å². The molecule has 4 heterocycles. The zero-order valence-corrected chi connectivity index (χ0v) is 14.7. The van der Waals surface area contributed by atoms with Gasteiger partial charge in [-0.2, -0.15) is 18.2 Å². The SMILES string of the molecule is Cc1noc(C(C)N2CCN(c3nc(C(F)(F)F)nc4nc[nH]c34)CC2)n1. The number of H-pyrrole nitrogens is 1. The summed E-state index contributed by atoms with van der Waals surface area (Å²) in [5.41, 5.74) is 0.404. The minimum absolute atomic E-state index is 0.00413. The largest absolute Gasteiger partial charge is 0.451 e. The Balaban J connectivity index is 1.55. The van der Waals surface area contributed by atoms with Crippen molar-refractivity contribution >= 4 is 17.0 Å². The molecule has 1 N–H and O–H groups in total. The number of aromatic amines is 1. The van der Waals surface area contributed by atoms with Crippen LogP contribution in [0.2, 0.25) is 0 Å². The van der Waals surface area contributed by atoms with Crippen LogP contribution >= 0.6 is 0 Å². The fraction of sp³-hybridized carbons (Fsp3) is 0.533. The molecule has 3 aromatic rings. The predicted molar refractivity (Wildman–Crippen MR) is 87.9 cm³/mol. The second-order valence-corrected chi connectivity index (χ2v) is 6.35. The summed E-state index contributed by atoms with van der Waals surface area (Å²) in [5, 5.41) is 3.80. The number of imidazole rings is 1. The van der Waals surface area contributed by atoms with Crippen LogP contribution in [0, 0.1) is 6.92 Å². The molecule has 1 aliphatic heterocycles. The summed E-state index contributed by atoms with van der Waals surface area (Å²) >= 11 is 0. The summed E-state index contributed by atoms with van der Waals surface area (Å²) in [6.07, 6.45) is -3.31. The first-order valence-corrected chi connectivity index (χ1v) is 8.40. The molecule has 144 valence electrons. The quantitative estimate of drug-likeness (QED) is 0.734. The monoisotopic (exact) mass is 382 g/mol. The lowest BCUT2D eigenvalue weighted by molar-refractivity contribution is -0.144. The summed E-state index contributed by atoms with van der Waals surface area (Å²) < 4.78 is 44.6. The van der Waals surface area contributed by atoms with Crippen molar-refractivity contribution in [1.29, 1.82) is 0 Å². The van der Waals surface area contributed by atoms with Gasteiger partial charge in [0.1, 0.15) is 5.52 Å². The highest BCUT2D eigenvalue weighted by Gasteiger charge is 2.37. The molecule has 1 aliphatic rings. The molecule has 0 saturated carbocycles. The molecule has 4 rings (SSSR count). The summed E-state index contributed by atoms with van der Waals surface area (Å²) in [4.78, 5) is 22.1. The maximum absolute atomic E-state index is 13.1. The number of hydrogen-bond donors (Lipinski definition) is 1. The first-order valence-electron chi connectivity index (χ1n) is 8.40. The zero-order chi connectivity index (χ0) is 19.2. The number of piperazine rings is 1. The number of anilines is 1. The molecule has 1 atom stereocenters. The Labute approximate surface area is 151 Å². The van der Waals surface area contributed by atoms with Crippen LogP contribution in [0.3, 0.4) is 0 Å². The molecular weight excluding hydrogens is 365 g/mol. The molecule has 1 saturated heterocycles. The first-order chi connectivity index (χ1) is 12.8. The third-order valence-corrected chi connectivity index (χ3v) is 4.58. The van der Waals surface area contributed by atoms with E-state index < -0.39 is 12.0 Å². The van der Waals surface area contributed by atoms with Crippen molar-refractivity contribution in [2.45, 2.75) is 26.1 Å². The number of aromatic nitrogens is 6. The number of fused-ring (bicyclic) bond motifs is 1. The molecule has 1 unspecified atom stereocenters. The second kappa shape index (κ2) is 6.44. The Hall–Kier alpha value is -2.76. The smallest absolute Gasteiger partial charge is 0.352 e. The highest BCUT2D eigenvalue weighted by Crippen LogP contribution is 2.31. The molecule has 0 aromatic carbocycles. The van der Waals surface area contributed by atoms with E-state index in [9.17, 15) is 13.2 Å². The van der Waals surface area contributed by atoms with Crippen LogP contribution in [0.25, 0.3) is 11.2 Å². The lowest BCUT2D eigenvalue weighted by atomic mass is 10.2. The summed E-state index contributed by atoms with van der Waals surface area (Å²) in [5.74, 6) is 0.121. The molecule has 12 heteroatoms. The number of alkyl halides is 3. The first kappa shape index (κ1) is 17.6. The Morgan fingerprint density at radius 3 is 2.52 bits per heavy atom. The van der Waals surface area contributed by atoms with E-state index in [0.29, 0.717) is 43.4 Å². The van der Waals surface area contributed by atoms with Crippen LogP contribution in [-0.2, 0) is 6.18 Å². The molecule has 0 radical (unpaired) electrons. The van der Waals surface area contributed by atoms with Crippen molar-refractivity contribution in [1.82, 2.24) is 35.0 Å². The minimum atomic E-state index is -4.63. The van der Waals surface area contributed by atoms with Gasteiger partial charge in [-0.1, -0.05) is 5.16 Å². The van der Waals surface area contributed by atoms with Crippen LogP contribution in [0.15, 0.2) is 10.9 Å². The Bertz CT molecular complexity index is 944. The third kappa shape index (κ3) is 3.31. The van der Waals surface area contributed by atoms with Gasteiger partial charge in [-0.25, -0.2) is 15.0 Å². The average molecular weight is 382 g/mol. The van der Waals surface area contributed by atoms with E-state index in [-0.39, 0.29) is 17.5 Å². The van der Waals surface area contributed by atoms with Gasteiger partial charge >= 0.3 is 6.18 Å². The number of nitrogens with one attached hydrogen (secondary N) is 1. The van der Waals surface area contributed by atoms with Crippen LogP contribution < -0.4 is 4.90 Å². The molecule has 1 fully saturated rings. The summed E-state index contributed by atoms with van der Waals surface area (Å²) in [6.45, 7) is 5.94. The van der Waals surface area contributed by atoms with E-state index in [1.165, 1.54) is 6.33 Å². The maximum atomic E-state index is 13.1. The normalized spacial score (nSPS) is 17.6. The Morgan fingerprint density at radius 1 is 1.15 bits per heavy atom.